The lowest BCUT2D eigenvalue weighted by molar-refractivity contribution is -0.147. The van der Waals surface area contributed by atoms with Crippen LogP contribution in [0.4, 0.5) is 0 Å². The summed E-state index contributed by atoms with van der Waals surface area (Å²) in [4.78, 5) is 32.1. The summed E-state index contributed by atoms with van der Waals surface area (Å²) >= 11 is 0. The van der Waals surface area contributed by atoms with E-state index in [9.17, 15) is 9.59 Å². The molecule has 0 fully saturated rings. The van der Waals surface area contributed by atoms with Crippen LogP contribution in [0.25, 0.3) is 0 Å². The number of ether oxygens (including phenoxy) is 6. The van der Waals surface area contributed by atoms with Gasteiger partial charge in [0.2, 0.25) is 0 Å². The molecular formula is C30H35NO8. The molecule has 0 amide bonds. The molecular weight excluding hydrogens is 502 g/mol. The van der Waals surface area contributed by atoms with Gasteiger partial charge in [0.25, 0.3) is 0 Å². The molecule has 0 radical (unpaired) electrons. The molecule has 2 aromatic carbocycles. The number of hydrogen-bond acceptors (Lipinski definition) is 9. The highest BCUT2D eigenvalue weighted by Gasteiger charge is 2.46. The van der Waals surface area contributed by atoms with Crippen molar-refractivity contribution in [1.82, 2.24) is 0 Å². The van der Waals surface area contributed by atoms with E-state index in [-0.39, 0.29) is 31.3 Å². The van der Waals surface area contributed by atoms with Crippen LogP contribution in [0.5, 0.6) is 23.0 Å². The number of carbonyl (C=O) groups is 2. The average molecular weight is 538 g/mol. The second-order valence-electron chi connectivity index (χ2n) is 9.48. The van der Waals surface area contributed by atoms with Crippen LogP contribution in [0.2, 0.25) is 0 Å². The number of aliphatic imine (C=N–C) groups is 1. The molecule has 208 valence electrons. The molecule has 0 bridgehead atoms. The molecule has 9 nitrogen and oxygen atoms in total. The van der Waals surface area contributed by atoms with Crippen LogP contribution < -0.4 is 18.9 Å². The Kier molecular flexibility index (Phi) is 8.91. The Hall–Kier alpha value is -3.85. The van der Waals surface area contributed by atoms with Crippen LogP contribution in [0.15, 0.2) is 52.7 Å². The summed E-state index contributed by atoms with van der Waals surface area (Å²) in [6, 6.07) is 11.1. The minimum atomic E-state index is -0.788. The second kappa shape index (κ2) is 12.3. The number of ketones is 1. The molecule has 0 aromatic heterocycles. The number of benzene rings is 2. The predicted molar refractivity (Wildman–Crippen MR) is 145 cm³/mol. The highest BCUT2D eigenvalue weighted by atomic mass is 16.6. The van der Waals surface area contributed by atoms with E-state index in [2.05, 4.69) is 0 Å². The Bertz CT molecular complexity index is 1300. The summed E-state index contributed by atoms with van der Waals surface area (Å²) in [6.45, 7) is 2.18. The third kappa shape index (κ3) is 5.63. The molecule has 1 unspecified atom stereocenters. The summed E-state index contributed by atoms with van der Waals surface area (Å²) in [7, 11) is 7.84. The highest BCUT2D eigenvalue weighted by molar-refractivity contribution is 6.09. The fourth-order valence-electron chi connectivity index (χ4n) is 5.43. The Morgan fingerprint density at radius 2 is 1.62 bits per heavy atom. The lowest BCUT2D eigenvalue weighted by Gasteiger charge is -2.37. The molecule has 9 heteroatoms. The maximum atomic E-state index is 13.9. The molecule has 1 aliphatic carbocycles. The molecule has 1 aliphatic heterocycles. The lowest BCUT2D eigenvalue weighted by Crippen LogP contribution is -2.38. The SMILES string of the molecule is COCCOC(=O)C1C(C)=NC2=C(C(=O)C[C@@H](c3ccc(OC)c(OC)c3)C2)[C@H]1c1ccc(OC)cc1OC. The van der Waals surface area contributed by atoms with Gasteiger partial charge in [0, 0.05) is 48.1 Å². The van der Waals surface area contributed by atoms with E-state index in [1.165, 1.54) is 0 Å². The third-order valence-electron chi connectivity index (χ3n) is 7.33. The fourth-order valence-corrected chi connectivity index (χ4v) is 5.43. The maximum absolute atomic E-state index is 13.9. The smallest absolute Gasteiger partial charge is 0.315 e. The standard InChI is InChI=1S/C30H35NO8/c1-17-27(30(33)39-12-11-34-2)28(21-9-8-20(35-3)16-25(21)37-5)29-22(31-17)13-19(14-23(29)32)18-7-10-24(36-4)26(15-18)38-6/h7-10,15-16,19,27-28H,11-14H2,1-6H3/t19-,27?,28-/m0/s1. The number of carbonyl (C=O) groups excluding carboxylic acids is 2. The van der Waals surface area contributed by atoms with Crippen molar-refractivity contribution in [1.29, 1.82) is 0 Å². The minimum Gasteiger partial charge on any atom is -0.497 e. The van der Waals surface area contributed by atoms with E-state index in [1.54, 1.807) is 54.6 Å². The van der Waals surface area contributed by atoms with E-state index >= 15 is 0 Å². The number of allylic oxidation sites excluding steroid dienone is 2. The summed E-state index contributed by atoms with van der Waals surface area (Å²) in [6.07, 6.45) is 0.803. The molecule has 1 heterocycles. The van der Waals surface area contributed by atoms with Gasteiger partial charge < -0.3 is 28.4 Å². The first-order chi connectivity index (χ1) is 18.9. The van der Waals surface area contributed by atoms with E-state index in [0.29, 0.717) is 52.0 Å². The molecule has 3 atom stereocenters. The summed E-state index contributed by atoms with van der Waals surface area (Å²) in [5.41, 5.74) is 3.44. The van der Waals surface area contributed by atoms with Gasteiger partial charge in [-0.25, -0.2) is 0 Å². The van der Waals surface area contributed by atoms with Gasteiger partial charge in [0.1, 0.15) is 24.0 Å². The van der Waals surface area contributed by atoms with E-state index < -0.39 is 17.8 Å². The topological polar surface area (TPSA) is 102 Å². The van der Waals surface area contributed by atoms with Crippen LogP contribution in [0.3, 0.4) is 0 Å². The van der Waals surface area contributed by atoms with Gasteiger partial charge in [-0.05, 0) is 43.0 Å². The third-order valence-corrected chi connectivity index (χ3v) is 7.33. The Morgan fingerprint density at radius 1 is 0.872 bits per heavy atom. The van der Waals surface area contributed by atoms with E-state index in [1.807, 2.05) is 24.3 Å². The zero-order chi connectivity index (χ0) is 28.1. The van der Waals surface area contributed by atoms with Gasteiger partial charge in [0.15, 0.2) is 17.3 Å². The fraction of sp³-hybridized carbons (Fsp3) is 0.433. The van der Waals surface area contributed by atoms with Crippen LogP contribution in [-0.2, 0) is 19.1 Å². The normalized spacial score (nSPS) is 20.6. The summed E-state index contributed by atoms with van der Waals surface area (Å²) in [5, 5.41) is 0. The monoisotopic (exact) mass is 537 g/mol. The Morgan fingerprint density at radius 3 is 2.28 bits per heavy atom. The summed E-state index contributed by atoms with van der Waals surface area (Å²) < 4.78 is 32.5. The number of Topliss-reactive ketones (excluding diaryl/α,β-unsaturated/α-hetero) is 1. The Balaban J connectivity index is 1.79. The zero-order valence-electron chi connectivity index (χ0n) is 23.2. The molecule has 2 aromatic rings. The van der Waals surface area contributed by atoms with Crippen molar-refractivity contribution in [3.63, 3.8) is 0 Å². The van der Waals surface area contributed by atoms with Crippen LogP contribution in [0.1, 0.15) is 42.7 Å². The number of hydrogen-bond donors (Lipinski definition) is 0. The maximum Gasteiger partial charge on any atom is 0.315 e. The molecule has 0 spiro atoms. The first-order valence-electron chi connectivity index (χ1n) is 12.8. The van der Waals surface area contributed by atoms with Gasteiger partial charge >= 0.3 is 5.97 Å². The number of rotatable bonds is 10. The second-order valence-corrected chi connectivity index (χ2v) is 9.48. The van der Waals surface area contributed by atoms with E-state index in [4.69, 9.17) is 33.4 Å². The molecule has 4 rings (SSSR count). The number of methoxy groups -OCH3 is 5. The Labute approximate surface area is 228 Å². The molecule has 0 saturated heterocycles. The van der Waals surface area contributed by atoms with Crippen LogP contribution in [0, 0.1) is 5.92 Å². The van der Waals surface area contributed by atoms with Gasteiger partial charge in [-0.3, -0.25) is 14.6 Å². The molecule has 0 saturated carbocycles. The van der Waals surface area contributed by atoms with Crippen LogP contribution in [-0.4, -0.2) is 66.2 Å². The average Bonchev–Trinajstić information content (AvgIpc) is 2.95. The van der Waals surface area contributed by atoms with Crippen molar-refractivity contribution >= 4 is 17.5 Å². The van der Waals surface area contributed by atoms with E-state index in [0.717, 1.165) is 5.56 Å². The lowest BCUT2D eigenvalue weighted by atomic mass is 9.69. The minimum absolute atomic E-state index is 0.0650. The van der Waals surface area contributed by atoms with Crippen molar-refractivity contribution in [3.05, 3.63) is 58.8 Å². The largest absolute Gasteiger partial charge is 0.497 e. The van der Waals surface area contributed by atoms with Crippen LogP contribution >= 0.6 is 0 Å². The van der Waals surface area contributed by atoms with Gasteiger partial charge in [-0.2, -0.15) is 0 Å². The molecule has 0 N–H and O–H groups in total. The quantitative estimate of drug-likeness (QED) is 0.323. The van der Waals surface area contributed by atoms with Crippen molar-refractivity contribution in [2.24, 2.45) is 10.9 Å². The first kappa shape index (κ1) is 28.2. The van der Waals surface area contributed by atoms with Crippen molar-refractivity contribution in [2.45, 2.75) is 31.6 Å². The van der Waals surface area contributed by atoms with Gasteiger partial charge in [0.05, 0.1) is 35.0 Å². The number of esters is 1. The van der Waals surface area contributed by atoms with Crippen molar-refractivity contribution < 1.29 is 38.0 Å². The van der Waals surface area contributed by atoms with Crippen molar-refractivity contribution in [2.75, 3.05) is 48.8 Å². The van der Waals surface area contributed by atoms with Gasteiger partial charge in [-0.15, -0.1) is 0 Å². The number of nitrogens with zero attached hydrogens (tertiary/aromatic N) is 1. The predicted octanol–water partition coefficient (Wildman–Crippen LogP) is 4.49. The molecule has 39 heavy (non-hydrogen) atoms. The zero-order valence-corrected chi connectivity index (χ0v) is 23.2. The summed E-state index contributed by atoms with van der Waals surface area (Å²) in [5.74, 6) is 0.316. The highest BCUT2D eigenvalue weighted by Crippen LogP contribution is 2.49. The van der Waals surface area contributed by atoms with Gasteiger partial charge in [-0.1, -0.05) is 12.1 Å². The first-order valence-corrected chi connectivity index (χ1v) is 12.8. The van der Waals surface area contributed by atoms with Crippen molar-refractivity contribution in [3.8, 4) is 23.0 Å². The molecule has 2 aliphatic rings.